The van der Waals surface area contributed by atoms with E-state index in [0.717, 1.165) is 19.5 Å². The minimum absolute atomic E-state index is 0.201. The second kappa shape index (κ2) is 18.9. The molecule has 3 nitrogen and oxygen atoms in total. The predicted molar refractivity (Wildman–Crippen MR) is 138 cm³/mol. The van der Waals surface area contributed by atoms with E-state index in [1.54, 1.807) is 0 Å². The van der Waals surface area contributed by atoms with E-state index in [1.807, 2.05) is 13.1 Å². The summed E-state index contributed by atoms with van der Waals surface area (Å²) >= 11 is 0. The quantitative estimate of drug-likeness (QED) is 0.110. The number of aliphatic imine (C=N–C) groups is 1. The number of hydrogen-bond acceptors (Lipinski definition) is 2. The molecule has 0 aromatic rings. The van der Waals surface area contributed by atoms with Gasteiger partial charge in [0.25, 0.3) is 0 Å². The van der Waals surface area contributed by atoms with E-state index in [0.29, 0.717) is 4.48 Å². The fraction of sp³-hybridized carbons (Fsp3) is 0.893. The maximum absolute atomic E-state index is 10.2. The van der Waals surface area contributed by atoms with Crippen molar-refractivity contribution < 1.29 is 9.59 Å². The van der Waals surface area contributed by atoms with Crippen LogP contribution in [-0.4, -0.2) is 41.3 Å². The van der Waals surface area contributed by atoms with Gasteiger partial charge in [0.2, 0.25) is 0 Å². The zero-order valence-electron chi connectivity index (χ0n) is 21.4. The van der Waals surface area contributed by atoms with Crippen LogP contribution in [-0.2, 0) is 0 Å². The highest BCUT2D eigenvalue weighted by Gasteiger charge is 2.41. The summed E-state index contributed by atoms with van der Waals surface area (Å²) in [6.45, 7) is 8.17. The minimum Gasteiger partial charge on any atom is -0.345 e. The first-order chi connectivity index (χ1) is 15.2. The lowest BCUT2D eigenvalue weighted by Gasteiger charge is -2.39. The van der Waals surface area contributed by atoms with E-state index in [-0.39, 0.29) is 12.4 Å². The number of rotatable bonds is 21. The third kappa shape index (κ3) is 12.2. The summed E-state index contributed by atoms with van der Waals surface area (Å²) in [7, 11) is 0. The molecule has 0 fully saturated rings. The van der Waals surface area contributed by atoms with Gasteiger partial charge in [0.05, 0.1) is 12.8 Å². The minimum atomic E-state index is -0.341. The molecule has 0 aromatic carbocycles. The van der Waals surface area contributed by atoms with Gasteiger partial charge < -0.3 is 5.11 Å². The number of hydrogen-bond donors (Lipinski definition) is 1. The van der Waals surface area contributed by atoms with Gasteiger partial charge in [0, 0.05) is 13.3 Å². The van der Waals surface area contributed by atoms with Crippen molar-refractivity contribution in [1.29, 1.82) is 0 Å². The summed E-state index contributed by atoms with van der Waals surface area (Å²) in [6.07, 6.45) is 31.5. The fourth-order valence-corrected chi connectivity index (χ4v) is 5.00. The van der Waals surface area contributed by atoms with Crippen LogP contribution in [0, 0.1) is 0 Å². The Morgan fingerprint density at radius 1 is 0.806 bits per heavy atom. The van der Waals surface area contributed by atoms with Crippen LogP contribution in [0.5, 0.6) is 0 Å². The van der Waals surface area contributed by atoms with Crippen molar-refractivity contribution in [1.82, 2.24) is 0 Å². The van der Waals surface area contributed by atoms with Crippen LogP contribution in [0.1, 0.15) is 136 Å². The lowest BCUT2D eigenvalue weighted by molar-refractivity contribution is -0.976. The molecular formula is C28H55N2O+. The first-order valence-electron chi connectivity index (χ1n) is 13.9. The zero-order valence-corrected chi connectivity index (χ0v) is 21.4. The molecule has 3 unspecified atom stereocenters. The predicted octanol–water partition coefficient (Wildman–Crippen LogP) is 8.17. The molecule has 3 heteroatoms. The third-order valence-corrected chi connectivity index (χ3v) is 7.36. The molecule has 0 aliphatic carbocycles. The molecule has 182 valence electrons. The SMILES string of the molecule is CCCCCCCCCCCCCCCCCC/C=C/CC1N=CC[N+]1(CC)C(C)O. The van der Waals surface area contributed by atoms with Crippen molar-refractivity contribution in [3.8, 4) is 0 Å². The van der Waals surface area contributed by atoms with E-state index < -0.39 is 0 Å². The Hall–Kier alpha value is -0.670. The number of unbranched alkanes of at least 4 members (excludes halogenated alkanes) is 16. The van der Waals surface area contributed by atoms with Gasteiger partial charge >= 0.3 is 0 Å². The zero-order chi connectivity index (χ0) is 22.6. The summed E-state index contributed by atoms with van der Waals surface area (Å²) in [5.74, 6) is 0. The van der Waals surface area contributed by atoms with Gasteiger partial charge in [0.1, 0.15) is 6.54 Å². The highest BCUT2D eigenvalue weighted by molar-refractivity contribution is 5.60. The van der Waals surface area contributed by atoms with Crippen molar-refractivity contribution in [3.05, 3.63) is 12.2 Å². The van der Waals surface area contributed by atoms with Gasteiger partial charge in [-0.15, -0.1) is 0 Å². The monoisotopic (exact) mass is 435 g/mol. The molecule has 0 saturated carbocycles. The number of quaternary nitrogens is 1. The maximum atomic E-state index is 10.2. The van der Waals surface area contributed by atoms with E-state index in [1.165, 1.54) is 109 Å². The summed E-state index contributed by atoms with van der Waals surface area (Å²) in [5.41, 5.74) is 0. The molecule has 0 aromatic heterocycles. The van der Waals surface area contributed by atoms with Gasteiger partial charge in [0.15, 0.2) is 12.4 Å². The summed E-state index contributed by atoms with van der Waals surface area (Å²) < 4.78 is 0.698. The van der Waals surface area contributed by atoms with Crippen LogP contribution < -0.4 is 0 Å². The molecule has 0 amide bonds. The standard InChI is InChI=1S/C28H55N2O/c1-4-6-7-8-9-10-11-12-13-14-15-16-17-18-19-20-21-22-23-24-28-29-25-26-30(28,5-2)27(3)31/h22-23,25,27-28,31H,4-21,24,26H2,1-3H3/q+1/b23-22+. The second-order valence-corrected chi connectivity index (χ2v) is 9.84. The Labute approximate surface area is 195 Å². The molecule has 1 aliphatic heterocycles. The largest absolute Gasteiger partial charge is 0.345 e. The summed E-state index contributed by atoms with van der Waals surface area (Å²) in [5, 5.41) is 10.2. The Morgan fingerprint density at radius 2 is 1.29 bits per heavy atom. The Bertz CT molecular complexity index is 460. The van der Waals surface area contributed by atoms with Crippen molar-refractivity contribution in [2.45, 2.75) is 149 Å². The first-order valence-corrected chi connectivity index (χ1v) is 13.9. The highest BCUT2D eigenvalue weighted by atomic mass is 16.3. The van der Waals surface area contributed by atoms with Crippen LogP contribution >= 0.6 is 0 Å². The van der Waals surface area contributed by atoms with Crippen LogP contribution in [0.15, 0.2) is 17.1 Å². The molecule has 1 heterocycles. The highest BCUT2D eigenvalue weighted by Crippen LogP contribution is 2.25. The van der Waals surface area contributed by atoms with Crippen molar-refractivity contribution in [2.75, 3.05) is 13.1 Å². The summed E-state index contributed by atoms with van der Waals surface area (Å²) in [4.78, 5) is 4.63. The molecule has 3 atom stereocenters. The lowest BCUT2D eigenvalue weighted by atomic mass is 10.0. The van der Waals surface area contributed by atoms with Crippen LogP contribution in [0.4, 0.5) is 0 Å². The Balaban J connectivity index is 1.86. The lowest BCUT2D eigenvalue weighted by Crippen LogP contribution is -2.57. The van der Waals surface area contributed by atoms with Gasteiger partial charge in [-0.2, -0.15) is 0 Å². The molecule has 0 saturated heterocycles. The van der Waals surface area contributed by atoms with Crippen LogP contribution in [0.3, 0.4) is 0 Å². The van der Waals surface area contributed by atoms with Crippen molar-refractivity contribution in [3.63, 3.8) is 0 Å². The first kappa shape index (κ1) is 28.4. The number of allylic oxidation sites excluding steroid dienone is 1. The van der Waals surface area contributed by atoms with Crippen molar-refractivity contribution in [2.24, 2.45) is 4.99 Å². The molecule has 31 heavy (non-hydrogen) atoms. The van der Waals surface area contributed by atoms with Gasteiger partial charge in [-0.1, -0.05) is 115 Å². The molecule has 1 rings (SSSR count). The molecule has 1 aliphatic rings. The van der Waals surface area contributed by atoms with Gasteiger partial charge in [-0.3, -0.25) is 4.48 Å². The third-order valence-electron chi connectivity index (χ3n) is 7.36. The molecule has 0 bridgehead atoms. The average Bonchev–Trinajstić information content (AvgIpc) is 3.19. The van der Waals surface area contributed by atoms with E-state index in [9.17, 15) is 5.11 Å². The molecule has 0 spiro atoms. The van der Waals surface area contributed by atoms with E-state index >= 15 is 0 Å². The second-order valence-electron chi connectivity index (χ2n) is 9.84. The fourth-order valence-electron chi connectivity index (χ4n) is 5.00. The molecule has 1 N–H and O–H groups in total. The van der Waals surface area contributed by atoms with Gasteiger partial charge in [-0.25, -0.2) is 4.99 Å². The Kier molecular flexibility index (Phi) is 17.3. The number of nitrogens with zero attached hydrogens (tertiary/aromatic N) is 2. The normalized spacial score (nSPS) is 22.0. The van der Waals surface area contributed by atoms with Crippen molar-refractivity contribution >= 4 is 6.21 Å². The molecule has 0 radical (unpaired) electrons. The number of aliphatic hydroxyl groups is 1. The van der Waals surface area contributed by atoms with Gasteiger partial charge in [-0.05, 0) is 19.8 Å². The van der Waals surface area contributed by atoms with Crippen LogP contribution in [0.2, 0.25) is 0 Å². The summed E-state index contributed by atoms with van der Waals surface area (Å²) in [6, 6.07) is 0. The average molecular weight is 436 g/mol. The maximum Gasteiger partial charge on any atom is 0.189 e. The smallest absolute Gasteiger partial charge is 0.189 e. The Morgan fingerprint density at radius 3 is 1.74 bits per heavy atom. The van der Waals surface area contributed by atoms with Crippen LogP contribution in [0.25, 0.3) is 0 Å². The van der Waals surface area contributed by atoms with E-state index in [4.69, 9.17) is 0 Å². The molecular weight excluding hydrogens is 380 g/mol. The number of aliphatic hydroxyl groups excluding tert-OH is 1. The topological polar surface area (TPSA) is 32.6 Å². The van der Waals surface area contributed by atoms with E-state index in [2.05, 4.69) is 31.0 Å².